The van der Waals surface area contributed by atoms with Gasteiger partial charge < -0.3 is 16.4 Å². The van der Waals surface area contributed by atoms with Crippen LogP contribution in [0.4, 0.5) is 23.5 Å². The molecule has 0 aliphatic rings. The number of anilines is 4. The predicted octanol–water partition coefficient (Wildman–Crippen LogP) is 1.49. The van der Waals surface area contributed by atoms with Crippen molar-refractivity contribution in [2.45, 2.75) is 10.1 Å². The van der Waals surface area contributed by atoms with Crippen molar-refractivity contribution in [3.63, 3.8) is 0 Å². The molecule has 194 valence electrons. The Bertz CT molecular complexity index is 1450. The van der Waals surface area contributed by atoms with Gasteiger partial charge in [-0.15, -0.1) is 0 Å². The Balaban J connectivity index is 1.57. The summed E-state index contributed by atoms with van der Waals surface area (Å²) in [5.74, 6) is 0.103. The summed E-state index contributed by atoms with van der Waals surface area (Å²) in [6, 6.07) is 5.47. The van der Waals surface area contributed by atoms with E-state index in [9.17, 15) is 16.8 Å². The maximum Gasteiger partial charge on any atom is 0.397 e. The van der Waals surface area contributed by atoms with Gasteiger partial charge in [0.25, 0.3) is 0 Å². The number of hydrogen-bond donors (Lipinski definition) is 4. The lowest BCUT2D eigenvalue weighted by Crippen LogP contribution is -2.15. The first-order valence-electron chi connectivity index (χ1n) is 10.0. The number of aromatic nitrogens is 6. The molecule has 2 aromatic heterocycles. The third kappa shape index (κ3) is 9.12. The topological polar surface area (TPSA) is 225 Å². The van der Waals surface area contributed by atoms with Crippen molar-refractivity contribution in [3.05, 3.63) is 34.8 Å². The average molecular weight is 599 g/mol. The summed E-state index contributed by atoms with van der Waals surface area (Å²) in [5.41, 5.74) is 2.48. The highest BCUT2D eigenvalue weighted by Gasteiger charge is 2.16. The van der Waals surface area contributed by atoms with Gasteiger partial charge in [-0.25, -0.2) is 12.6 Å². The molecule has 0 amide bonds. The standard InChI is InChI=1S/C16H17Cl2N9O6S3/c17-11-22-13(19)26-16(25-11)34-7-5-20-14-23-12(18)24-15(27-14)21-9-1-3-10(4-2-9)35(28,29)8-6-33-36(30,31)32/h1-4H,5-8H2,(H,30,31,32)(H2,19,22,25,26)(H2,20,21,23,24,27)/i/hD. The molecule has 0 fully saturated rings. The lowest BCUT2D eigenvalue weighted by molar-refractivity contribution is 0.284. The normalized spacial score (nSPS) is 12.1. The monoisotopic (exact) mass is 598 g/mol. The summed E-state index contributed by atoms with van der Waals surface area (Å²) in [6.45, 7) is -0.350. The number of nitrogens with zero attached hydrogens (tertiary/aromatic N) is 6. The number of nitrogen functional groups attached to an aromatic ring is 1. The van der Waals surface area contributed by atoms with Gasteiger partial charge in [0.2, 0.25) is 28.4 Å². The van der Waals surface area contributed by atoms with Crippen molar-refractivity contribution < 1.29 is 27.0 Å². The summed E-state index contributed by atoms with van der Waals surface area (Å²) >= 11 is 13.0. The third-order valence-corrected chi connectivity index (χ3v) is 7.21. The van der Waals surface area contributed by atoms with Crippen LogP contribution in [0, 0.1) is 0 Å². The first-order chi connectivity index (χ1) is 17.4. The van der Waals surface area contributed by atoms with E-state index in [1.165, 1.54) is 36.0 Å². The Morgan fingerprint density at radius 1 is 1.00 bits per heavy atom. The van der Waals surface area contributed by atoms with Gasteiger partial charge in [-0.1, -0.05) is 11.8 Å². The van der Waals surface area contributed by atoms with E-state index < -0.39 is 32.6 Å². The van der Waals surface area contributed by atoms with E-state index in [4.69, 9.17) is 29.2 Å². The minimum atomic E-state index is -4.73. The number of nitrogens with one attached hydrogen (secondary N) is 2. The smallest absolute Gasteiger partial charge is 0.368 e. The summed E-state index contributed by atoms with van der Waals surface area (Å²) in [5, 5.41) is 6.02. The van der Waals surface area contributed by atoms with Crippen molar-refractivity contribution in [1.82, 2.24) is 29.9 Å². The van der Waals surface area contributed by atoms with E-state index in [0.29, 0.717) is 23.1 Å². The molecule has 0 aliphatic carbocycles. The van der Waals surface area contributed by atoms with E-state index in [-0.39, 0.29) is 33.3 Å². The number of halogens is 2. The van der Waals surface area contributed by atoms with E-state index in [1.54, 1.807) is 0 Å². The van der Waals surface area contributed by atoms with E-state index in [0.717, 1.165) is 0 Å². The van der Waals surface area contributed by atoms with Gasteiger partial charge >= 0.3 is 10.4 Å². The zero-order valence-corrected chi connectivity index (χ0v) is 21.8. The molecule has 5 N–H and O–H groups in total. The van der Waals surface area contributed by atoms with E-state index >= 15 is 0 Å². The molecule has 0 bridgehead atoms. The maximum absolute atomic E-state index is 12.3. The predicted molar refractivity (Wildman–Crippen MR) is 133 cm³/mol. The largest absolute Gasteiger partial charge is 0.397 e. The second-order valence-corrected chi connectivity index (χ2v) is 11.4. The van der Waals surface area contributed by atoms with Crippen LogP contribution in [-0.2, 0) is 24.4 Å². The van der Waals surface area contributed by atoms with Crippen molar-refractivity contribution in [2.75, 3.05) is 41.0 Å². The first-order valence-corrected chi connectivity index (χ1v) is 14.3. The number of rotatable bonds is 13. The zero-order chi connectivity index (χ0) is 27.1. The molecule has 0 atom stereocenters. The van der Waals surface area contributed by atoms with Crippen molar-refractivity contribution in [3.8, 4) is 0 Å². The molecule has 15 nitrogen and oxygen atoms in total. The van der Waals surface area contributed by atoms with E-state index in [1.807, 2.05) is 5.73 Å². The van der Waals surface area contributed by atoms with Gasteiger partial charge in [-0.2, -0.15) is 38.3 Å². The number of sulfone groups is 1. The fourth-order valence-electron chi connectivity index (χ4n) is 2.43. The molecular formula is C16H17Cl2N9O6S3. The van der Waals surface area contributed by atoms with Crippen LogP contribution in [0.2, 0.25) is 12.0 Å². The van der Waals surface area contributed by atoms with Crippen LogP contribution < -0.4 is 16.4 Å². The van der Waals surface area contributed by atoms with Gasteiger partial charge in [0.15, 0.2) is 16.4 Å². The van der Waals surface area contributed by atoms with Gasteiger partial charge in [0.1, 0.15) is 0 Å². The lowest BCUT2D eigenvalue weighted by atomic mass is 10.3. The second-order valence-electron chi connectivity index (χ2n) is 6.46. The van der Waals surface area contributed by atoms with Gasteiger partial charge in [-0.3, -0.25) is 4.55 Å². The zero-order valence-electron chi connectivity index (χ0n) is 18.8. The van der Waals surface area contributed by atoms with Crippen LogP contribution in [-0.4, -0.2) is 75.9 Å². The molecule has 3 rings (SSSR count). The Labute approximate surface area is 221 Å². The number of benzene rings is 1. The summed E-state index contributed by atoms with van der Waals surface area (Å²) in [6.07, 6.45) is 0. The summed E-state index contributed by atoms with van der Waals surface area (Å²) < 4.78 is 65.3. The number of thioether (sulfide) groups is 1. The molecule has 0 radical (unpaired) electrons. The molecule has 3 aromatic rings. The molecule has 0 saturated carbocycles. The van der Waals surface area contributed by atoms with Crippen LogP contribution in [0.5, 0.6) is 0 Å². The molecule has 0 saturated heterocycles. The van der Waals surface area contributed by atoms with Gasteiger partial charge in [0, 0.05) is 18.0 Å². The lowest BCUT2D eigenvalue weighted by Gasteiger charge is -2.09. The molecule has 0 aliphatic heterocycles. The minimum absolute atomic E-state index is 0.0206. The maximum atomic E-state index is 12.3. The Morgan fingerprint density at radius 3 is 2.39 bits per heavy atom. The first kappa shape index (κ1) is 26.5. The number of nitrogens with two attached hydrogens (primary N) is 1. The van der Waals surface area contributed by atoms with Crippen LogP contribution in [0.1, 0.15) is 0 Å². The summed E-state index contributed by atoms with van der Waals surface area (Å²) in [7, 11) is -8.59. The Morgan fingerprint density at radius 2 is 1.69 bits per heavy atom. The van der Waals surface area contributed by atoms with Crippen molar-refractivity contribution >= 4 is 78.7 Å². The highest BCUT2D eigenvalue weighted by atomic mass is 35.5. The van der Waals surface area contributed by atoms with Crippen molar-refractivity contribution in [1.29, 1.82) is 0 Å². The fourth-order valence-corrected chi connectivity index (χ4v) is 4.98. The van der Waals surface area contributed by atoms with Crippen molar-refractivity contribution in [2.24, 2.45) is 0 Å². The fraction of sp³-hybridized carbons (Fsp3) is 0.250. The highest BCUT2D eigenvalue weighted by Crippen LogP contribution is 2.20. The van der Waals surface area contributed by atoms with Gasteiger partial charge in [-0.05, 0) is 47.5 Å². The average Bonchev–Trinajstić information content (AvgIpc) is 2.80. The second kappa shape index (κ2) is 12.1. The van der Waals surface area contributed by atoms with E-state index in [2.05, 4.69) is 44.7 Å². The van der Waals surface area contributed by atoms with Crippen LogP contribution in [0.25, 0.3) is 0 Å². The molecule has 20 heteroatoms. The minimum Gasteiger partial charge on any atom is -0.368 e. The number of hydrogen-bond acceptors (Lipinski definition) is 15. The summed E-state index contributed by atoms with van der Waals surface area (Å²) in [4.78, 5) is 23.7. The molecule has 2 heterocycles. The molecule has 0 spiro atoms. The van der Waals surface area contributed by atoms with Crippen LogP contribution in [0.15, 0.2) is 34.3 Å². The molecule has 0 unspecified atom stereocenters. The SMILES string of the molecule is [2H]Nc1nc(Cl)nc(SCCNc2nc(Cl)nc(Nc3ccc(S(=O)(=O)CCOS(=O)(=O)O)cc3)n2)n1. The van der Waals surface area contributed by atoms with Crippen LogP contribution >= 0.6 is 35.0 Å². The highest BCUT2D eigenvalue weighted by molar-refractivity contribution is 7.99. The molecule has 1 aromatic carbocycles. The molecular weight excluding hydrogens is 581 g/mol. The third-order valence-electron chi connectivity index (χ3n) is 3.87. The van der Waals surface area contributed by atoms with Crippen LogP contribution in [0.3, 0.4) is 0 Å². The quantitative estimate of drug-likeness (QED) is 0.124. The van der Waals surface area contributed by atoms with Gasteiger partial charge in [0.05, 0.1) is 17.3 Å². The Hall–Kier alpha value is -2.61. The Kier molecular flexibility index (Phi) is 8.88. The molecule has 36 heavy (non-hydrogen) atoms.